The molecule has 1 unspecified atom stereocenters. The summed E-state index contributed by atoms with van der Waals surface area (Å²) < 4.78 is 0.732. The third-order valence-corrected chi connectivity index (χ3v) is 6.34. The molecule has 25 heavy (non-hydrogen) atoms. The number of thiazole rings is 1. The highest BCUT2D eigenvalue weighted by Gasteiger charge is 2.28. The second-order valence-corrected chi connectivity index (χ2v) is 8.18. The predicted molar refractivity (Wildman–Crippen MR) is 98.9 cm³/mol. The van der Waals surface area contributed by atoms with Gasteiger partial charge in [-0.1, -0.05) is 42.1 Å². The monoisotopic (exact) mass is 376 g/mol. The van der Waals surface area contributed by atoms with Crippen LogP contribution in [0.2, 0.25) is 0 Å². The topological polar surface area (TPSA) is 70.5 Å². The molecule has 1 fully saturated rings. The first kappa shape index (κ1) is 17.9. The molecular weight excluding hydrogens is 356 g/mol. The van der Waals surface area contributed by atoms with Crippen molar-refractivity contribution < 1.29 is 14.7 Å². The number of aliphatic carboxylic acids is 1. The van der Waals surface area contributed by atoms with E-state index in [2.05, 4.69) is 4.98 Å². The smallest absolute Gasteiger partial charge is 0.309 e. The summed E-state index contributed by atoms with van der Waals surface area (Å²) in [5.74, 6) is -0.781. The van der Waals surface area contributed by atoms with Gasteiger partial charge in [-0.25, -0.2) is 4.98 Å². The molecule has 0 spiro atoms. The van der Waals surface area contributed by atoms with E-state index in [4.69, 9.17) is 5.11 Å². The zero-order chi connectivity index (χ0) is 17.6. The number of aromatic nitrogens is 1. The molecule has 0 bridgehead atoms. The number of nitrogens with zero attached hydrogens (tertiary/aromatic N) is 2. The summed E-state index contributed by atoms with van der Waals surface area (Å²) in [6, 6.07) is 9.73. The van der Waals surface area contributed by atoms with Crippen molar-refractivity contribution in [2.45, 2.75) is 35.3 Å². The van der Waals surface area contributed by atoms with Crippen LogP contribution in [-0.2, 0) is 16.0 Å². The van der Waals surface area contributed by atoms with Crippen LogP contribution in [0.3, 0.4) is 0 Å². The lowest BCUT2D eigenvalue weighted by Crippen LogP contribution is -2.38. The molecule has 2 aromatic rings. The summed E-state index contributed by atoms with van der Waals surface area (Å²) in [6.45, 7) is 1.62. The standard InChI is InChI=1S/C18H20N2O3S2/c21-15(22)11-14-12-24-18(19-14)25-16(13-7-3-1-4-8-13)17(23)20-9-5-2-6-10-20/h1,3-4,7-8,12,16H,2,5-6,9-11H2,(H,21,22). The van der Waals surface area contributed by atoms with E-state index >= 15 is 0 Å². The molecule has 0 radical (unpaired) electrons. The predicted octanol–water partition coefficient (Wildman–Crippen LogP) is 3.62. The maximum absolute atomic E-state index is 13.1. The molecule has 1 aliphatic rings. The zero-order valence-corrected chi connectivity index (χ0v) is 15.4. The number of carbonyl (C=O) groups excluding carboxylic acids is 1. The van der Waals surface area contributed by atoms with Crippen molar-refractivity contribution in [2.24, 2.45) is 0 Å². The number of hydrogen-bond donors (Lipinski definition) is 1. The van der Waals surface area contributed by atoms with Crippen molar-refractivity contribution in [3.8, 4) is 0 Å². The fourth-order valence-electron chi connectivity index (χ4n) is 2.85. The van der Waals surface area contributed by atoms with Gasteiger partial charge >= 0.3 is 5.97 Å². The van der Waals surface area contributed by atoms with Crippen molar-refractivity contribution in [3.63, 3.8) is 0 Å². The highest BCUT2D eigenvalue weighted by Crippen LogP contribution is 2.38. The molecule has 1 amide bonds. The van der Waals surface area contributed by atoms with E-state index in [0.29, 0.717) is 5.69 Å². The Morgan fingerprint density at radius 2 is 1.92 bits per heavy atom. The number of carboxylic acids is 1. The summed E-state index contributed by atoms with van der Waals surface area (Å²) in [6.07, 6.45) is 3.20. The molecule has 1 aromatic carbocycles. The van der Waals surface area contributed by atoms with Crippen LogP contribution in [0.1, 0.15) is 35.8 Å². The SMILES string of the molecule is O=C(O)Cc1csc(SC(C(=O)N2CCCCC2)c2ccccc2)n1. The fourth-order valence-corrected chi connectivity index (χ4v) is 4.96. The van der Waals surface area contributed by atoms with Gasteiger partial charge in [0.15, 0.2) is 4.34 Å². The van der Waals surface area contributed by atoms with Crippen LogP contribution < -0.4 is 0 Å². The number of benzene rings is 1. The van der Waals surface area contributed by atoms with Gasteiger partial charge in [0.2, 0.25) is 5.91 Å². The highest BCUT2D eigenvalue weighted by atomic mass is 32.2. The second-order valence-electron chi connectivity index (χ2n) is 5.97. The number of amides is 1. The number of rotatable bonds is 6. The zero-order valence-electron chi connectivity index (χ0n) is 13.8. The van der Waals surface area contributed by atoms with E-state index in [1.807, 2.05) is 35.2 Å². The molecule has 0 aliphatic carbocycles. The lowest BCUT2D eigenvalue weighted by atomic mass is 10.1. The molecule has 132 valence electrons. The van der Waals surface area contributed by atoms with E-state index in [9.17, 15) is 9.59 Å². The first-order valence-electron chi connectivity index (χ1n) is 8.30. The molecule has 3 rings (SSSR count). The van der Waals surface area contributed by atoms with Gasteiger partial charge in [0.05, 0.1) is 12.1 Å². The fraction of sp³-hybridized carbons (Fsp3) is 0.389. The summed E-state index contributed by atoms with van der Waals surface area (Å²) in [7, 11) is 0. The second kappa shape index (κ2) is 8.49. The first-order valence-corrected chi connectivity index (χ1v) is 10.1. The van der Waals surface area contributed by atoms with Gasteiger partial charge in [-0.3, -0.25) is 9.59 Å². The number of piperidine rings is 1. The van der Waals surface area contributed by atoms with E-state index in [-0.39, 0.29) is 17.6 Å². The Morgan fingerprint density at radius 1 is 1.20 bits per heavy atom. The Kier molecular flexibility index (Phi) is 6.09. The quantitative estimate of drug-likeness (QED) is 0.780. The van der Waals surface area contributed by atoms with Gasteiger partial charge in [0, 0.05) is 18.5 Å². The molecule has 1 atom stereocenters. The Labute approximate surface area is 155 Å². The van der Waals surface area contributed by atoms with Crippen LogP contribution in [-0.4, -0.2) is 40.0 Å². The lowest BCUT2D eigenvalue weighted by molar-refractivity contribution is -0.136. The van der Waals surface area contributed by atoms with Gasteiger partial charge < -0.3 is 10.0 Å². The van der Waals surface area contributed by atoms with Crippen LogP contribution >= 0.6 is 23.1 Å². The molecule has 1 aromatic heterocycles. The van der Waals surface area contributed by atoms with Gasteiger partial charge in [-0.15, -0.1) is 11.3 Å². The van der Waals surface area contributed by atoms with Crippen molar-refractivity contribution in [2.75, 3.05) is 13.1 Å². The Morgan fingerprint density at radius 3 is 2.60 bits per heavy atom. The summed E-state index contributed by atoms with van der Waals surface area (Å²) in [5, 5.41) is 10.3. The summed E-state index contributed by atoms with van der Waals surface area (Å²) in [4.78, 5) is 30.2. The van der Waals surface area contributed by atoms with Gasteiger partial charge in [0.25, 0.3) is 0 Å². The Bertz CT molecular complexity index is 727. The van der Waals surface area contributed by atoms with E-state index < -0.39 is 5.97 Å². The minimum Gasteiger partial charge on any atom is -0.481 e. The van der Waals surface area contributed by atoms with E-state index in [1.165, 1.54) is 29.5 Å². The molecule has 7 heteroatoms. The van der Waals surface area contributed by atoms with Crippen molar-refractivity contribution >= 4 is 35.0 Å². The van der Waals surface area contributed by atoms with E-state index in [0.717, 1.165) is 35.8 Å². The number of carbonyl (C=O) groups is 2. The van der Waals surface area contributed by atoms with Crippen LogP contribution in [0.25, 0.3) is 0 Å². The van der Waals surface area contributed by atoms with Crippen LogP contribution in [0.5, 0.6) is 0 Å². The highest BCUT2D eigenvalue weighted by molar-refractivity contribution is 8.01. The molecule has 1 saturated heterocycles. The Hall–Kier alpha value is -1.86. The van der Waals surface area contributed by atoms with E-state index in [1.54, 1.807) is 5.38 Å². The molecule has 5 nitrogen and oxygen atoms in total. The number of likely N-dealkylation sites (tertiary alicyclic amines) is 1. The van der Waals surface area contributed by atoms with Gasteiger partial charge in [-0.05, 0) is 24.8 Å². The average molecular weight is 377 g/mol. The number of thioether (sulfide) groups is 1. The molecule has 0 saturated carbocycles. The van der Waals surface area contributed by atoms with Crippen molar-refractivity contribution in [1.82, 2.24) is 9.88 Å². The third-order valence-electron chi connectivity index (χ3n) is 4.08. The number of hydrogen-bond acceptors (Lipinski definition) is 5. The minimum absolute atomic E-state index is 0.0901. The van der Waals surface area contributed by atoms with Crippen LogP contribution in [0.4, 0.5) is 0 Å². The maximum Gasteiger partial charge on any atom is 0.309 e. The van der Waals surface area contributed by atoms with Crippen LogP contribution in [0, 0.1) is 0 Å². The third kappa shape index (κ3) is 4.83. The largest absolute Gasteiger partial charge is 0.481 e. The lowest BCUT2D eigenvalue weighted by Gasteiger charge is -2.30. The first-order chi connectivity index (χ1) is 12.1. The normalized spacial score (nSPS) is 15.8. The van der Waals surface area contributed by atoms with Crippen molar-refractivity contribution in [1.29, 1.82) is 0 Å². The average Bonchev–Trinajstić information content (AvgIpc) is 3.07. The molecule has 1 aliphatic heterocycles. The van der Waals surface area contributed by atoms with Crippen LogP contribution in [0.15, 0.2) is 40.1 Å². The minimum atomic E-state index is -0.897. The van der Waals surface area contributed by atoms with Gasteiger partial charge in [0.1, 0.15) is 5.25 Å². The van der Waals surface area contributed by atoms with Crippen molar-refractivity contribution in [3.05, 3.63) is 47.0 Å². The van der Waals surface area contributed by atoms with Gasteiger partial charge in [-0.2, -0.15) is 0 Å². The summed E-state index contributed by atoms with van der Waals surface area (Å²) >= 11 is 2.81. The number of carboxylic acid groups (broad SMARTS) is 1. The molecule has 1 N–H and O–H groups in total. The molecular formula is C18H20N2O3S2. The maximum atomic E-state index is 13.1. The summed E-state index contributed by atoms with van der Waals surface area (Å²) in [5.41, 5.74) is 1.50. The Balaban J connectivity index is 1.80. The molecule has 2 heterocycles.